The number of hydrogen-bond acceptors (Lipinski definition) is 1. The normalized spacial score (nSPS) is 18.3. The number of ketones is 1. The monoisotopic (exact) mass is 426 g/mol. The van der Waals surface area contributed by atoms with E-state index in [1.165, 1.54) is 0 Å². The van der Waals surface area contributed by atoms with Gasteiger partial charge in [-0.3, -0.25) is 4.79 Å². The minimum atomic E-state index is -1.55. The van der Waals surface area contributed by atoms with Crippen LogP contribution in [-0.4, -0.2) is 5.78 Å². The van der Waals surface area contributed by atoms with Crippen molar-refractivity contribution < 1.29 is 31.1 Å². The second-order valence-electron chi connectivity index (χ2n) is 8.43. The van der Waals surface area contributed by atoms with Crippen LogP contribution in [0, 0.1) is 46.7 Å². The number of rotatable bonds is 8. The van der Waals surface area contributed by atoms with Gasteiger partial charge >= 0.3 is 0 Å². The van der Waals surface area contributed by atoms with Gasteiger partial charge in [-0.2, -0.15) is 0 Å². The standard InChI is InChI=1S/C23H20F6O/c24-18-5-13(6-19(25)22(18)28)16(11-1-2-11)9-15(30)10-17(12-3-4-12)14-7-20(26)23(29)21(27)8-14/h5-8,11-12,16-17H,1-4,9-10H2/t16-,17+. The maximum absolute atomic E-state index is 13.7. The molecule has 0 amide bonds. The van der Waals surface area contributed by atoms with E-state index < -0.39 is 46.7 Å². The van der Waals surface area contributed by atoms with Gasteiger partial charge in [-0.25, -0.2) is 26.3 Å². The first-order chi connectivity index (χ1) is 14.2. The molecule has 2 aliphatic carbocycles. The molecule has 1 nitrogen and oxygen atoms in total. The number of benzene rings is 2. The van der Waals surface area contributed by atoms with Crippen LogP contribution in [0.1, 0.15) is 61.5 Å². The summed E-state index contributed by atoms with van der Waals surface area (Å²) in [6.45, 7) is 0. The van der Waals surface area contributed by atoms with Crippen LogP contribution in [0.5, 0.6) is 0 Å². The molecule has 0 N–H and O–H groups in total. The van der Waals surface area contributed by atoms with Crippen molar-refractivity contribution in [3.05, 3.63) is 70.3 Å². The maximum atomic E-state index is 13.7. The molecular formula is C23H20F6O. The Morgan fingerprint density at radius 2 is 0.967 bits per heavy atom. The first-order valence-electron chi connectivity index (χ1n) is 10.0. The molecule has 7 heteroatoms. The molecule has 0 bridgehead atoms. The highest BCUT2D eigenvalue weighted by Gasteiger charge is 2.38. The number of hydrogen-bond donors (Lipinski definition) is 0. The van der Waals surface area contributed by atoms with Gasteiger partial charge in [-0.05, 0) is 84.7 Å². The number of carbonyl (C=O) groups is 1. The first kappa shape index (κ1) is 20.9. The predicted octanol–water partition coefficient (Wildman–Crippen LogP) is 6.56. The van der Waals surface area contributed by atoms with Gasteiger partial charge in [0.2, 0.25) is 0 Å². The molecule has 2 fully saturated rings. The van der Waals surface area contributed by atoms with Crippen LogP contribution in [0.25, 0.3) is 0 Å². The van der Waals surface area contributed by atoms with Crippen molar-refractivity contribution in [1.82, 2.24) is 0 Å². The average molecular weight is 426 g/mol. The summed E-state index contributed by atoms with van der Waals surface area (Å²) in [5.74, 6) is -9.20. The van der Waals surface area contributed by atoms with E-state index >= 15 is 0 Å². The highest BCUT2D eigenvalue weighted by Crippen LogP contribution is 2.48. The third-order valence-corrected chi connectivity index (χ3v) is 6.15. The number of Topliss-reactive ketones (excluding diaryl/α,β-unsaturated/α-hetero) is 1. The van der Waals surface area contributed by atoms with Crippen molar-refractivity contribution in [3.63, 3.8) is 0 Å². The molecule has 0 radical (unpaired) electrons. The second-order valence-corrected chi connectivity index (χ2v) is 8.43. The highest BCUT2D eigenvalue weighted by molar-refractivity contribution is 5.80. The van der Waals surface area contributed by atoms with Crippen molar-refractivity contribution in [2.24, 2.45) is 11.8 Å². The second kappa shape index (κ2) is 8.08. The molecule has 2 atom stereocenters. The number of halogens is 6. The third-order valence-electron chi connectivity index (χ3n) is 6.15. The van der Waals surface area contributed by atoms with Crippen LogP contribution >= 0.6 is 0 Å². The molecule has 0 aliphatic heterocycles. The van der Waals surface area contributed by atoms with Crippen LogP contribution < -0.4 is 0 Å². The summed E-state index contributed by atoms with van der Waals surface area (Å²) in [4.78, 5) is 12.8. The van der Waals surface area contributed by atoms with Gasteiger partial charge in [0.25, 0.3) is 0 Å². The Kier molecular flexibility index (Phi) is 5.64. The third kappa shape index (κ3) is 4.40. The zero-order chi connectivity index (χ0) is 21.6. The lowest BCUT2D eigenvalue weighted by atomic mass is 9.83. The molecule has 0 heterocycles. The van der Waals surface area contributed by atoms with Crippen molar-refractivity contribution in [1.29, 1.82) is 0 Å². The van der Waals surface area contributed by atoms with Crippen LogP contribution in [0.4, 0.5) is 26.3 Å². The quantitative estimate of drug-likeness (QED) is 0.345. The lowest BCUT2D eigenvalue weighted by Gasteiger charge is -2.20. The summed E-state index contributed by atoms with van der Waals surface area (Å²) in [5, 5.41) is 0. The fourth-order valence-corrected chi connectivity index (χ4v) is 4.26. The Morgan fingerprint density at radius 1 is 0.667 bits per heavy atom. The molecule has 2 aliphatic rings. The predicted molar refractivity (Wildman–Crippen MR) is 97.8 cm³/mol. The molecule has 0 unspecified atom stereocenters. The van der Waals surface area contributed by atoms with Crippen molar-refractivity contribution in [3.8, 4) is 0 Å². The minimum Gasteiger partial charge on any atom is -0.300 e. The van der Waals surface area contributed by atoms with E-state index in [0.29, 0.717) is 0 Å². The molecule has 30 heavy (non-hydrogen) atoms. The molecule has 0 aromatic heterocycles. The molecule has 160 valence electrons. The van der Waals surface area contributed by atoms with E-state index in [0.717, 1.165) is 49.9 Å². The van der Waals surface area contributed by atoms with Gasteiger partial charge < -0.3 is 0 Å². The van der Waals surface area contributed by atoms with E-state index in [1.807, 2.05) is 0 Å². The van der Waals surface area contributed by atoms with Crippen LogP contribution in [0.3, 0.4) is 0 Å². The Bertz CT molecular complexity index is 856. The highest BCUT2D eigenvalue weighted by atomic mass is 19.2. The van der Waals surface area contributed by atoms with Gasteiger partial charge in [0.15, 0.2) is 34.9 Å². The summed E-state index contributed by atoms with van der Waals surface area (Å²) in [5.41, 5.74) is 0.480. The molecule has 2 aromatic carbocycles. The van der Waals surface area contributed by atoms with E-state index in [1.54, 1.807) is 0 Å². The zero-order valence-electron chi connectivity index (χ0n) is 16.0. The summed E-state index contributed by atoms with van der Waals surface area (Å²) < 4.78 is 81.3. The number of carbonyl (C=O) groups excluding carboxylic acids is 1. The summed E-state index contributed by atoms with van der Waals surface area (Å²) >= 11 is 0. The Labute approximate surface area is 170 Å². The molecule has 0 spiro atoms. The van der Waals surface area contributed by atoms with Gasteiger partial charge in [0, 0.05) is 12.8 Å². The summed E-state index contributed by atoms with van der Waals surface area (Å²) in [7, 11) is 0. The SMILES string of the molecule is O=C(C[C@H](c1cc(F)c(F)c(F)c1)C1CC1)C[C@@H](c1cc(F)c(F)c(F)c1)C1CC1. The smallest absolute Gasteiger partial charge is 0.194 e. The van der Waals surface area contributed by atoms with Gasteiger partial charge in [-0.1, -0.05) is 0 Å². The molecule has 0 saturated heterocycles. The maximum Gasteiger partial charge on any atom is 0.194 e. The largest absolute Gasteiger partial charge is 0.300 e. The molecular weight excluding hydrogens is 406 g/mol. The fourth-order valence-electron chi connectivity index (χ4n) is 4.26. The Balaban J connectivity index is 1.53. The summed E-state index contributed by atoms with van der Waals surface area (Å²) in [6.07, 6.45) is 3.23. The van der Waals surface area contributed by atoms with E-state index in [4.69, 9.17) is 0 Å². The topological polar surface area (TPSA) is 17.1 Å². The minimum absolute atomic E-state index is 0.00452. The first-order valence-corrected chi connectivity index (χ1v) is 10.0. The molecule has 2 aromatic rings. The molecule has 4 rings (SSSR count). The Hall–Kier alpha value is -2.31. The van der Waals surface area contributed by atoms with Crippen molar-refractivity contribution in [2.45, 2.75) is 50.4 Å². The van der Waals surface area contributed by atoms with E-state index in [-0.39, 0.29) is 41.6 Å². The average Bonchev–Trinajstić information content (AvgIpc) is 3.59. The van der Waals surface area contributed by atoms with Gasteiger partial charge in [0.1, 0.15) is 5.78 Å². The van der Waals surface area contributed by atoms with Gasteiger partial charge in [-0.15, -0.1) is 0 Å². The lowest BCUT2D eigenvalue weighted by molar-refractivity contribution is -0.120. The van der Waals surface area contributed by atoms with Crippen LogP contribution in [-0.2, 0) is 4.79 Å². The van der Waals surface area contributed by atoms with Crippen LogP contribution in [0.2, 0.25) is 0 Å². The molecule has 2 saturated carbocycles. The van der Waals surface area contributed by atoms with Gasteiger partial charge in [0.05, 0.1) is 0 Å². The Morgan fingerprint density at radius 3 is 1.23 bits per heavy atom. The van der Waals surface area contributed by atoms with Crippen molar-refractivity contribution in [2.75, 3.05) is 0 Å². The fraction of sp³-hybridized carbons (Fsp3) is 0.435. The van der Waals surface area contributed by atoms with Crippen LogP contribution in [0.15, 0.2) is 24.3 Å². The zero-order valence-corrected chi connectivity index (χ0v) is 16.0. The summed E-state index contributed by atoms with van der Waals surface area (Å²) in [6, 6.07) is 3.71. The van der Waals surface area contributed by atoms with E-state index in [2.05, 4.69) is 0 Å². The lowest BCUT2D eigenvalue weighted by Crippen LogP contribution is -2.15. The van der Waals surface area contributed by atoms with Crippen molar-refractivity contribution >= 4 is 5.78 Å². The van der Waals surface area contributed by atoms with E-state index in [9.17, 15) is 31.1 Å².